The molecule has 2 aromatic carbocycles. The minimum atomic E-state index is -0.838. The average molecular weight is 458 g/mol. The molecular weight excluding hydrogens is 447 g/mol. The minimum absolute atomic E-state index is 0.0261. The van der Waals surface area contributed by atoms with Crippen molar-refractivity contribution in [2.24, 2.45) is 0 Å². The summed E-state index contributed by atoms with van der Waals surface area (Å²) < 4.78 is 49.7. The van der Waals surface area contributed by atoms with Gasteiger partial charge in [-0.15, -0.1) is 0 Å². The van der Waals surface area contributed by atoms with Crippen LogP contribution < -0.4 is 10.4 Å². The van der Waals surface area contributed by atoms with Crippen LogP contribution in [-0.4, -0.2) is 19.3 Å². The minimum Gasteiger partial charge on any atom is -0.453 e. The number of hydrogen-bond donors (Lipinski definition) is 0. The lowest BCUT2D eigenvalue weighted by Crippen LogP contribution is -2.24. The van der Waals surface area contributed by atoms with Crippen molar-refractivity contribution >= 4 is 11.6 Å². The molecule has 4 rings (SSSR count). The molecule has 7 nitrogen and oxygen atoms in total. The number of rotatable bonds is 5. The first kappa shape index (κ1) is 21.1. The molecule has 0 bridgehead atoms. The van der Waals surface area contributed by atoms with Gasteiger partial charge in [0.25, 0.3) is 0 Å². The van der Waals surface area contributed by atoms with Crippen molar-refractivity contribution in [2.45, 2.75) is 6.54 Å². The maximum atomic E-state index is 14.6. The highest BCUT2D eigenvalue weighted by Crippen LogP contribution is 2.31. The Hall–Kier alpha value is -4.10. The molecule has 0 N–H and O–H groups in total. The van der Waals surface area contributed by atoms with Crippen molar-refractivity contribution in [3.63, 3.8) is 0 Å². The molecule has 0 fully saturated rings. The Bertz CT molecular complexity index is 1410. The first-order chi connectivity index (χ1) is 15.4. The summed E-state index contributed by atoms with van der Waals surface area (Å²) in [5.41, 5.74) is -0.928. The number of halogens is 4. The normalized spacial score (nSPS) is 10.7. The summed E-state index contributed by atoms with van der Waals surface area (Å²) in [5.74, 6) is -2.63. The smallest absolute Gasteiger partial charge is 0.350 e. The molecule has 0 amide bonds. The summed E-state index contributed by atoms with van der Waals surface area (Å²) in [5, 5.41) is 12.9. The van der Waals surface area contributed by atoms with E-state index in [4.69, 9.17) is 21.6 Å². The molecule has 2 aromatic heterocycles. The van der Waals surface area contributed by atoms with Gasteiger partial charge in [-0.05, 0) is 24.3 Å². The molecule has 0 saturated carbocycles. The van der Waals surface area contributed by atoms with E-state index >= 15 is 0 Å². The van der Waals surface area contributed by atoms with Crippen molar-refractivity contribution in [2.75, 3.05) is 0 Å². The third-order valence-electron chi connectivity index (χ3n) is 4.44. The SMILES string of the molecule is N#Cc1cc(Oc2ccc(-n3ncn(Cc4c(F)cccc4F)c3=O)cc2F)c(Cl)cn1. The Balaban J connectivity index is 1.62. The summed E-state index contributed by atoms with van der Waals surface area (Å²) in [6.07, 6.45) is 2.29. The van der Waals surface area contributed by atoms with Gasteiger partial charge < -0.3 is 4.74 Å². The van der Waals surface area contributed by atoms with E-state index in [1.807, 2.05) is 6.07 Å². The van der Waals surface area contributed by atoms with E-state index in [0.29, 0.717) is 0 Å². The predicted molar refractivity (Wildman–Crippen MR) is 107 cm³/mol. The summed E-state index contributed by atoms with van der Waals surface area (Å²) in [6, 6.07) is 10.1. The number of benzene rings is 2. The zero-order valence-electron chi connectivity index (χ0n) is 16.0. The highest BCUT2D eigenvalue weighted by atomic mass is 35.5. The van der Waals surface area contributed by atoms with Crippen molar-refractivity contribution in [3.05, 3.63) is 99.2 Å². The predicted octanol–water partition coefficient (Wildman–Crippen LogP) is 4.21. The van der Waals surface area contributed by atoms with E-state index in [0.717, 1.165) is 33.8 Å². The van der Waals surface area contributed by atoms with Gasteiger partial charge in [0, 0.05) is 17.7 Å². The van der Waals surface area contributed by atoms with Gasteiger partial charge in [0.05, 0.1) is 18.4 Å². The standard InChI is InChI=1S/C21H11ClF3N5O2/c22-15-9-27-12(8-26)6-20(15)32-19-5-4-13(7-18(19)25)30-21(31)29(11-28-30)10-14-16(23)2-1-3-17(14)24/h1-7,9,11H,10H2. The van der Waals surface area contributed by atoms with Gasteiger partial charge >= 0.3 is 5.69 Å². The molecule has 0 aliphatic carbocycles. The number of nitriles is 1. The van der Waals surface area contributed by atoms with Crippen molar-refractivity contribution in [3.8, 4) is 23.3 Å². The summed E-state index contributed by atoms with van der Waals surface area (Å²) in [6.45, 7) is -0.386. The van der Waals surface area contributed by atoms with Crippen LogP contribution >= 0.6 is 11.6 Å². The van der Waals surface area contributed by atoms with Gasteiger partial charge in [-0.3, -0.25) is 4.57 Å². The van der Waals surface area contributed by atoms with Crippen LogP contribution in [0.4, 0.5) is 13.2 Å². The summed E-state index contributed by atoms with van der Waals surface area (Å²) in [7, 11) is 0. The molecule has 0 aliphatic heterocycles. The second-order valence-corrected chi connectivity index (χ2v) is 6.89. The molecule has 0 radical (unpaired) electrons. The van der Waals surface area contributed by atoms with Gasteiger partial charge in [-0.2, -0.15) is 15.0 Å². The van der Waals surface area contributed by atoms with Crippen LogP contribution in [0.2, 0.25) is 5.02 Å². The van der Waals surface area contributed by atoms with Crippen LogP contribution in [0.25, 0.3) is 5.69 Å². The van der Waals surface area contributed by atoms with E-state index in [-0.39, 0.29) is 40.0 Å². The van der Waals surface area contributed by atoms with Gasteiger partial charge in [-0.1, -0.05) is 17.7 Å². The lowest BCUT2D eigenvalue weighted by atomic mass is 10.2. The monoisotopic (exact) mass is 457 g/mol. The molecule has 0 atom stereocenters. The quantitative estimate of drug-likeness (QED) is 0.448. The number of hydrogen-bond acceptors (Lipinski definition) is 5. The van der Waals surface area contributed by atoms with Crippen molar-refractivity contribution in [1.82, 2.24) is 19.3 Å². The molecule has 0 saturated heterocycles. The van der Waals surface area contributed by atoms with Crippen molar-refractivity contribution < 1.29 is 17.9 Å². The van der Waals surface area contributed by atoms with Crippen LogP contribution in [0.5, 0.6) is 11.5 Å². The Morgan fingerprint density at radius 2 is 1.81 bits per heavy atom. The maximum absolute atomic E-state index is 14.6. The number of aromatic nitrogens is 4. The number of nitrogens with zero attached hydrogens (tertiary/aromatic N) is 5. The number of ether oxygens (including phenoxy) is 1. The largest absolute Gasteiger partial charge is 0.453 e. The Labute approximate surface area is 183 Å². The Morgan fingerprint density at radius 1 is 1.06 bits per heavy atom. The molecule has 11 heteroatoms. The molecular formula is C21H11ClF3N5O2. The van der Waals surface area contributed by atoms with Crippen LogP contribution in [-0.2, 0) is 6.54 Å². The van der Waals surface area contributed by atoms with E-state index < -0.39 is 23.1 Å². The van der Waals surface area contributed by atoms with Gasteiger partial charge in [0.2, 0.25) is 0 Å². The second kappa shape index (κ2) is 8.56. The van der Waals surface area contributed by atoms with Crippen LogP contribution in [0.1, 0.15) is 11.3 Å². The van der Waals surface area contributed by atoms with Gasteiger partial charge in [0.1, 0.15) is 34.7 Å². The fourth-order valence-electron chi connectivity index (χ4n) is 2.86. The van der Waals surface area contributed by atoms with E-state index in [2.05, 4.69) is 10.1 Å². The average Bonchev–Trinajstić information content (AvgIpc) is 3.14. The fraction of sp³-hybridized carbons (Fsp3) is 0.0476. The maximum Gasteiger partial charge on any atom is 0.350 e. The third-order valence-corrected chi connectivity index (χ3v) is 4.72. The van der Waals surface area contributed by atoms with Crippen LogP contribution in [0, 0.1) is 28.8 Å². The molecule has 4 aromatic rings. The molecule has 0 aliphatic rings. The first-order valence-electron chi connectivity index (χ1n) is 8.98. The van der Waals surface area contributed by atoms with Crippen LogP contribution in [0.3, 0.4) is 0 Å². The Kier molecular flexibility index (Phi) is 5.66. The van der Waals surface area contributed by atoms with Crippen LogP contribution in [0.15, 0.2) is 59.8 Å². The van der Waals surface area contributed by atoms with Crippen molar-refractivity contribution in [1.29, 1.82) is 5.26 Å². The van der Waals surface area contributed by atoms with Gasteiger partial charge in [-0.25, -0.2) is 22.9 Å². The number of pyridine rings is 1. The second-order valence-electron chi connectivity index (χ2n) is 6.48. The zero-order valence-corrected chi connectivity index (χ0v) is 16.7. The zero-order chi connectivity index (χ0) is 22.8. The third kappa shape index (κ3) is 4.06. The summed E-state index contributed by atoms with van der Waals surface area (Å²) in [4.78, 5) is 16.4. The Morgan fingerprint density at radius 3 is 2.50 bits per heavy atom. The highest BCUT2D eigenvalue weighted by molar-refractivity contribution is 6.31. The highest BCUT2D eigenvalue weighted by Gasteiger charge is 2.15. The summed E-state index contributed by atoms with van der Waals surface area (Å²) >= 11 is 5.96. The molecule has 0 unspecified atom stereocenters. The van der Waals surface area contributed by atoms with E-state index in [9.17, 15) is 18.0 Å². The molecule has 2 heterocycles. The lowest BCUT2D eigenvalue weighted by Gasteiger charge is -2.09. The molecule has 160 valence electrons. The van der Waals surface area contributed by atoms with Gasteiger partial charge in [0.15, 0.2) is 17.3 Å². The fourth-order valence-corrected chi connectivity index (χ4v) is 3.00. The first-order valence-corrected chi connectivity index (χ1v) is 9.36. The van der Waals surface area contributed by atoms with E-state index in [1.54, 1.807) is 0 Å². The molecule has 32 heavy (non-hydrogen) atoms. The topological polar surface area (TPSA) is 85.7 Å². The molecule has 0 spiro atoms. The van der Waals surface area contributed by atoms with E-state index in [1.165, 1.54) is 30.5 Å². The lowest BCUT2D eigenvalue weighted by molar-refractivity contribution is 0.441.